The van der Waals surface area contributed by atoms with Gasteiger partial charge in [-0.15, -0.1) is 0 Å². The molecule has 787 valence electrons. The van der Waals surface area contributed by atoms with Crippen LogP contribution in [0.15, 0.2) is 54.6 Å². The maximum absolute atomic E-state index is 14.3. The molecular formula is C105H133F9N9O18V3-3. The van der Waals surface area contributed by atoms with Crippen molar-refractivity contribution in [3.63, 3.8) is 0 Å². The minimum Gasteiger partial charge on any atom is -0.540 e. The number of benzene rings is 3. The number of methoxy groups -OCH3 is 3. The Bertz CT molecular complexity index is 5490. The van der Waals surface area contributed by atoms with E-state index in [1.54, 1.807) is 136 Å². The number of alkyl halides is 9. The molecule has 144 heavy (non-hydrogen) atoms. The first-order valence-corrected chi connectivity index (χ1v) is 50.0. The predicted octanol–water partition coefficient (Wildman–Crippen LogP) is 19.1. The van der Waals surface area contributed by atoms with Crippen molar-refractivity contribution in [2.75, 3.05) is 41.0 Å². The molecule has 3 saturated heterocycles. The van der Waals surface area contributed by atoms with E-state index in [1.165, 1.54) is 21.3 Å². The van der Waals surface area contributed by atoms with Crippen LogP contribution in [0.2, 0.25) is 0 Å². The number of aromatic nitrogens is 6. The molecule has 16 rings (SSSR count). The Kier molecular flexibility index (Phi) is 38.9. The minimum absolute atomic E-state index is 0. The van der Waals surface area contributed by atoms with Gasteiger partial charge in [0.2, 0.25) is 35.4 Å². The van der Waals surface area contributed by atoms with Crippen molar-refractivity contribution in [2.45, 2.75) is 335 Å². The summed E-state index contributed by atoms with van der Waals surface area (Å²) in [4.78, 5) is 152. The van der Waals surface area contributed by atoms with E-state index in [4.69, 9.17) is 62.6 Å². The maximum Gasteiger partial charge on any atom is 0.389 e. The first-order chi connectivity index (χ1) is 66.6. The third-order valence-electron chi connectivity index (χ3n) is 31.0. The molecule has 10 aliphatic rings. The molecule has 27 nitrogen and oxygen atoms in total. The number of esters is 3. The van der Waals surface area contributed by atoms with Crippen molar-refractivity contribution in [1.29, 1.82) is 0 Å². The minimum atomic E-state index is -4.65. The number of hydrogen-bond donors (Lipinski definition) is 0. The SMILES string of the molecule is COc1ccc2nc3c(nc2c1)O[C@H]1CN(C(=O)[C@H](C(C)(C)C)CC(=O)O[C@@H]2CCC[C@H]2CCCCC3)[C@H]([C-]=O)[C@@H]1CC(F)(F)F.COc1ccc2nc3c(nc2c1)O[C@H]1CN(C(=O)[C@H](C(C)(C)C)CC(=O)O[C@@H]2[C@H]4CC[C@H](C4)[C@H]2CCCCC3)[C@H]([C-]=O)[C@@H]1CC(F)(F)F.COc1ccc2nc3c(nc2c1)O[C@H]1CN(C(=O)[C@H](C(C)(C)C)CC(=O)O[C@]2(C)CCC[C@H]2CCCCC3)[C@H]([C-]=O)[C@@H]1CC(F)(F)F.[V].[V].[V]. The van der Waals surface area contributed by atoms with Crippen LogP contribution in [-0.2, 0) is 132 Å². The monoisotopic (exact) mass is 2130 g/mol. The second-order valence-corrected chi connectivity index (χ2v) is 43.8. The Morgan fingerprint density at radius 1 is 0.382 bits per heavy atom. The molecule has 20 atom stereocenters. The van der Waals surface area contributed by atoms with Gasteiger partial charge in [-0.3, -0.25) is 28.8 Å². The molecular weight excluding hydrogens is 2000 g/mol. The van der Waals surface area contributed by atoms with E-state index in [1.807, 2.05) is 6.92 Å². The zero-order chi connectivity index (χ0) is 102. The van der Waals surface area contributed by atoms with Crippen LogP contribution in [-0.4, -0.2) is 213 Å². The zero-order valence-electron chi connectivity index (χ0n) is 84.1. The van der Waals surface area contributed by atoms with E-state index in [0.29, 0.717) is 98.5 Å². The van der Waals surface area contributed by atoms with Crippen LogP contribution in [0.3, 0.4) is 0 Å². The Morgan fingerprint density at radius 3 is 1.10 bits per heavy atom. The smallest absolute Gasteiger partial charge is 0.389 e. The molecule has 3 aromatic carbocycles. The Labute approximate surface area is 871 Å². The van der Waals surface area contributed by atoms with Crippen LogP contribution < -0.4 is 28.4 Å². The molecule has 4 saturated carbocycles. The van der Waals surface area contributed by atoms with Crippen molar-refractivity contribution in [1.82, 2.24) is 44.6 Å². The number of carbonyl (C=O) groups is 6. The number of rotatable bonds is 9. The Balaban J connectivity index is 0.000000204. The summed E-state index contributed by atoms with van der Waals surface area (Å²) >= 11 is 0. The topological polar surface area (TPSA) is 324 Å². The van der Waals surface area contributed by atoms with Crippen LogP contribution in [0.4, 0.5) is 39.5 Å². The molecule has 3 radical (unpaired) electrons. The molecule has 0 unspecified atom stereocenters. The molecule has 0 N–H and O–H groups in total. The average Bonchev–Trinajstić information content (AvgIpc) is 1.62. The second kappa shape index (κ2) is 48.4. The summed E-state index contributed by atoms with van der Waals surface area (Å²) in [5, 5.41) is 0. The van der Waals surface area contributed by atoms with Crippen molar-refractivity contribution >= 4 is 87.6 Å². The molecule has 6 aliphatic heterocycles. The van der Waals surface area contributed by atoms with Gasteiger partial charge in [-0.2, -0.15) is 39.5 Å². The van der Waals surface area contributed by atoms with Gasteiger partial charge < -0.3 is 71.7 Å². The van der Waals surface area contributed by atoms with E-state index in [2.05, 4.69) is 9.97 Å². The van der Waals surface area contributed by atoms with Crippen LogP contribution in [0.5, 0.6) is 34.9 Å². The number of halogens is 9. The number of nitrogens with zero attached hydrogens (tertiary/aromatic N) is 9. The van der Waals surface area contributed by atoms with Crippen LogP contribution in [0.1, 0.15) is 260 Å². The Hall–Kier alpha value is -8.57. The van der Waals surface area contributed by atoms with Crippen molar-refractivity contribution in [3.05, 3.63) is 71.7 Å². The summed E-state index contributed by atoms with van der Waals surface area (Å²) in [5.74, 6) is -7.16. The molecule has 9 heterocycles. The number of fused-ring (bicyclic) bond motifs is 19. The van der Waals surface area contributed by atoms with Gasteiger partial charge in [-0.1, -0.05) is 119 Å². The molecule has 39 heteroatoms. The van der Waals surface area contributed by atoms with E-state index in [0.717, 1.165) is 150 Å². The normalized spacial score (nSPS) is 29.4. The first kappa shape index (κ1) is 116. The van der Waals surface area contributed by atoms with E-state index >= 15 is 0 Å². The maximum atomic E-state index is 14.3. The quantitative estimate of drug-likeness (QED) is 0.0562. The number of amides is 3. The fourth-order valence-electron chi connectivity index (χ4n) is 23.3. The van der Waals surface area contributed by atoms with Gasteiger partial charge in [0.1, 0.15) is 70.5 Å². The second-order valence-electron chi connectivity index (χ2n) is 43.8. The van der Waals surface area contributed by atoms with Gasteiger partial charge in [-0.25, -0.2) is 48.8 Å². The number of ether oxygens (including phenoxy) is 9. The number of hydrogen-bond acceptors (Lipinski definition) is 24. The summed E-state index contributed by atoms with van der Waals surface area (Å²) in [5.41, 5.74) is 1.66. The predicted molar refractivity (Wildman–Crippen MR) is 500 cm³/mol. The van der Waals surface area contributed by atoms with Gasteiger partial charge in [0, 0.05) is 111 Å². The molecule has 6 aromatic rings. The summed E-state index contributed by atoms with van der Waals surface area (Å²) < 4.78 is 179. The fraction of sp³-hybridized carbons (Fsp3) is 0.686. The molecule has 0 spiro atoms. The molecule has 8 bridgehead atoms. The van der Waals surface area contributed by atoms with Crippen molar-refractivity contribution in [3.8, 4) is 34.9 Å². The number of aryl methyl sites for hydroxylation is 3. The molecule has 3 amide bonds. The fourth-order valence-corrected chi connectivity index (χ4v) is 23.3. The van der Waals surface area contributed by atoms with Gasteiger partial charge in [0.15, 0.2) is 0 Å². The van der Waals surface area contributed by atoms with Gasteiger partial charge in [-0.05, 0) is 205 Å². The third-order valence-corrected chi connectivity index (χ3v) is 31.0. The van der Waals surface area contributed by atoms with Gasteiger partial charge >= 0.3 is 36.4 Å². The molecule has 7 fully saturated rings. The molecule has 3 aromatic heterocycles. The zero-order valence-corrected chi connectivity index (χ0v) is 88.3. The van der Waals surface area contributed by atoms with Crippen LogP contribution in [0, 0.1) is 81.3 Å². The van der Waals surface area contributed by atoms with Gasteiger partial charge in [0.05, 0.1) is 111 Å². The van der Waals surface area contributed by atoms with E-state index in [9.17, 15) is 82.7 Å². The molecule has 4 aliphatic carbocycles. The van der Waals surface area contributed by atoms with Crippen molar-refractivity contribution < 1.29 is 181 Å². The third kappa shape index (κ3) is 28.1. The Morgan fingerprint density at radius 2 is 0.729 bits per heavy atom. The average molecular weight is 2130 g/mol. The standard InChI is InChI=1S/C36H45F3N3O6.C35H45F3N3O6.C34H43F3N3O6.3V/c1-35(2,3)25-16-31(44)48-32-21-11-10-20(14-21)23(32)8-6-5-7-9-27-33(41-28-15-22(46-4)12-13-26(28)40-27)47-30-18-42(34(25)45)29(19-43)24(30)17-36(37,38)39;1-33(2,3)24-17-30(43)47-34(4)15-9-11-21(34)10-7-6-8-12-26-31(40-27-16-22(45-5)13-14-25(27)39-26)46-29-19-41(32(24)44)28(20-42)23(29)18-35(36,37)38;1-33(2,3)23-16-30(42)45-28-12-8-10-20(28)9-6-5-7-11-25-31(39-26-15-21(44-4)13-14-24(26)38-25)46-29-18-40(32(23)43)27(19-41)22(29)17-34(35,36)37;;;/h12-13,15,20-21,23-25,29-30,32H,5-11,14,16-18H2,1-4H3;13-14,16,21,23-24,28-29H,6-12,15,17-19H2,1-5H3;13-15,20,22-23,27-29H,5-12,16-18H2,1-4H3;;;/q3*-1;;;/t20-,21+,23-,24+,25-,29-,30+,32-;21-,23+,24-,28-,29+,34-;20-,22+,23-,27-,28-,29+;;;/m111.../s1. The van der Waals surface area contributed by atoms with Crippen LogP contribution >= 0.6 is 0 Å². The first-order valence-electron chi connectivity index (χ1n) is 50.0. The number of carbonyl (C=O) groups excluding carboxylic acids is 9. The van der Waals surface area contributed by atoms with Crippen LogP contribution in [0.25, 0.3) is 33.1 Å². The van der Waals surface area contributed by atoms with Gasteiger partial charge in [0.25, 0.3) is 0 Å². The van der Waals surface area contributed by atoms with E-state index in [-0.39, 0.29) is 142 Å². The summed E-state index contributed by atoms with van der Waals surface area (Å²) in [7, 11) is 4.55. The van der Waals surface area contributed by atoms with E-state index < -0.39 is 167 Å². The largest absolute Gasteiger partial charge is 0.540 e. The summed E-state index contributed by atoms with van der Waals surface area (Å²) in [6.07, 6.45) is 2.46. The summed E-state index contributed by atoms with van der Waals surface area (Å²) in [6, 6.07) is 11.0. The summed E-state index contributed by atoms with van der Waals surface area (Å²) in [6.45, 7) is 17.2. The van der Waals surface area contributed by atoms with Crippen molar-refractivity contribution in [2.24, 2.45) is 81.3 Å².